The third kappa shape index (κ3) is 3.16. The van der Waals surface area contributed by atoms with Crippen LogP contribution in [0.5, 0.6) is 5.75 Å². The van der Waals surface area contributed by atoms with Crippen LogP contribution in [0.25, 0.3) is 0 Å². The van der Waals surface area contributed by atoms with E-state index in [1.54, 1.807) is 18.2 Å². The number of ether oxygens (including phenoxy) is 1. The molecular weight excluding hydrogens is 195 g/mol. The lowest BCUT2D eigenvalue weighted by molar-refractivity contribution is 0.363. The molecule has 0 bridgehead atoms. The van der Waals surface area contributed by atoms with Crippen LogP contribution in [0.1, 0.15) is 0 Å². The Hall–Kier alpha value is -0.660. The van der Waals surface area contributed by atoms with Gasteiger partial charge in [-0.2, -0.15) is 0 Å². The molecule has 64 valence electrons. The van der Waals surface area contributed by atoms with E-state index >= 15 is 0 Å². The summed E-state index contributed by atoms with van der Waals surface area (Å²) in [5, 5.41) is 0.704. The first-order valence-electron chi connectivity index (χ1n) is 3.46. The molecule has 0 fully saturated rings. The highest BCUT2D eigenvalue weighted by molar-refractivity contribution is 6.30. The summed E-state index contributed by atoms with van der Waals surface area (Å²) in [7, 11) is 0. The molecule has 0 N–H and O–H groups in total. The summed E-state index contributed by atoms with van der Waals surface area (Å²) in [6.45, 7) is 0.477. The molecule has 0 atom stereocenters. The summed E-state index contributed by atoms with van der Waals surface area (Å²) in [5.74, 6) is 0.786. The van der Waals surface area contributed by atoms with Crippen LogP contribution in [0.3, 0.4) is 0 Å². The molecule has 0 saturated heterocycles. The molecule has 0 aliphatic rings. The van der Waals surface area contributed by atoms with Crippen molar-refractivity contribution >= 4 is 23.2 Å². The van der Waals surface area contributed by atoms with E-state index in [0.29, 0.717) is 11.6 Å². The smallest absolute Gasteiger partial charge is 0.119 e. The average Bonchev–Trinajstić information content (AvgIpc) is 2.09. The van der Waals surface area contributed by atoms with Gasteiger partial charge in [-0.05, 0) is 30.3 Å². The van der Waals surface area contributed by atoms with Crippen molar-refractivity contribution in [3.63, 3.8) is 0 Å². The Kier molecular flexibility index (Phi) is 3.98. The van der Waals surface area contributed by atoms with Crippen molar-refractivity contribution < 1.29 is 4.74 Å². The molecule has 1 aromatic carbocycles. The Morgan fingerprint density at radius 2 is 1.92 bits per heavy atom. The Balaban J connectivity index is 2.47. The number of benzene rings is 1. The standard InChI is InChI=1S/C9H8Cl2O/c10-6-1-7-12-9-4-2-8(11)3-5-9/h1-6H,7H2/b6-1+. The summed E-state index contributed by atoms with van der Waals surface area (Å²) in [6, 6.07) is 7.18. The first-order valence-corrected chi connectivity index (χ1v) is 4.28. The van der Waals surface area contributed by atoms with Crippen molar-refractivity contribution in [1.82, 2.24) is 0 Å². The van der Waals surface area contributed by atoms with Gasteiger partial charge in [0.1, 0.15) is 12.4 Å². The molecule has 0 saturated carbocycles. The summed E-state index contributed by atoms with van der Waals surface area (Å²) < 4.78 is 5.27. The Morgan fingerprint density at radius 3 is 2.50 bits per heavy atom. The molecule has 0 aliphatic heterocycles. The maximum Gasteiger partial charge on any atom is 0.119 e. The number of rotatable bonds is 3. The van der Waals surface area contributed by atoms with Crippen LogP contribution in [-0.2, 0) is 0 Å². The zero-order chi connectivity index (χ0) is 8.81. The van der Waals surface area contributed by atoms with Crippen molar-refractivity contribution in [3.05, 3.63) is 40.9 Å². The van der Waals surface area contributed by atoms with Gasteiger partial charge in [0.05, 0.1) is 0 Å². The average molecular weight is 203 g/mol. The Morgan fingerprint density at radius 1 is 1.25 bits per heavy atom. The van der Waals surface area contributed by atoms with Crippen molar-refractivity contribution in [3.8, 4) is 5.75 Å². The largest absolute Gasteiger partial charge is 0.490 e. The van der Waals surface area contributed by atoms with Gasteiger partial charge in [-0.1, -0.05) is 23.2 Å². The van der Waals surface area contributed by atoms with Crippen molar-refractivity contribution in [2.75, 3.05) is 6.61 Å². The fraction of sp³-hybridized carbons (Fsp3) is 0.111. The van der Waals surface area contributed by atoms with E-state index in [-0.39, 0.29) is 0 Å². The molecule has 0 heterocycles. The molecule has 1 aromatic rings. The zero-order valence-corrected chi connectivity index (χ0v) is 7.85. The highest BCUT2D eigenvalue weighted by Crippen LogP contribution is 2.15. The van der Waals surface area contributed by atoms with E-state index in [1.165, 1.54) is 5.54 Å². The van der Waals surface area contributed by atoms with E-state index in [9.17, 15) is 0 Å². The molecule has 0 aliphatic carbocycles. The monoisotopic (exact) mass is 202 g/mol. The third-order valence-electron chi connectivity index (χ3n) is 1.25. The van der Waals surface area contributed by atoms with Gasteiger partial charge in [0.2, 0.25) is 0 Å². The second-order valence-corrected chi connectivity index (χ2v) is 2.82. The minimum atomic E-state index is 0.477. The van der Waals surface area contributed by atoms with E-state index in [0.717, 1.165) is 5.75 Å². The second kappa shape index (κ2) is 5.07. The highest BCUT2D eigenvalue weighted by atomic mass is 35.5. The molecular formula is C9H8Cl2O. The number of hydrogen-bond donors (Lipinski definition) is 0. The van der Waals surface area contributed by atoms with Crippen LogP contribution in [0.4, 0.5) is 0 Å². The van der Waals surface area contributed by atoms with Crippen LogP contribution in [0, 0.1) is 0 Å². The maximum atomic E-state index is 5.68. The van der Waals surface area contributed by atoms with Crippen LogP contribution in [0.15, 0.2) is 35.9 Å². The fourth-order valence-electron chi connectivity index (χ4n) is 0.712. The van der Waals surface area contributed by atoms with Gasteiger partial charge in [0, 0.05) is 10.6 Å². The van der Waals surface area contributed by atoms with E-state index in [2.05, 4.69) is 0 Å². The second-order valence-electron chi connectivity index (χ2n) is 2.13. The minimum absolute atomic E-state index is 0.477. The number of halogens is 2. The van der Waals surface area contributed by atoms with E-state index < -0.39 is 0 Å². The maximum absolute atomic E-state index is 5.68. The van der Waals surface area contributed by atoms with Gasteiger partial charge in [0.15, 0.2) is 0 Å². The highest BCUT2D eigenvalue weighted by Gasteiger charge is 1.90. The Bertz CT molecular complexity index is 254. The summed E-state index contributed by atoms with van der Waals surface area (Å²) >= 11 is 11.0. The molecule has 1 rings (SSSR count). The lowest BCUT2D eigenvalue weighted by atomic mass is 10.3. The lowest BCUT2D eigenvalue weighted by Gasteiger charge is -2.01. The molecule has 0 aromatic heterocycles. The summed E-state index contributed by atoms with van der Waals surface area (Å²) in [5.41, 5.74) is 1.43. The van der Waals surface area contributed by atoms with Gasteiger partial charge in [-0.3, -0.25) is 0 Å². The molecule has 0 spiro atoms. The van der Waals surface area contributed by atoms with Crippen molar-refractivity contribution in [2.24, 2.45) is 0 Å². The third-order valence-corrected chi connectivity index (χ3v) is 1.68. The van der Waals surface area contributed by atoms with E-state index in [1.807, 2.05) is 12.1 Å². The van der Waals surface area contributed by atoms with Crippen LogP contribution >= 0.6 is 23.2 Å². The SMILES string of the molecule is Cl/C=C/COc1ccc(Cl)cc1. The van der Waals surface area contributed by atoms with Gasteiger partial charge in [0.25, 0.3) is 0 Å². The first-order chi connectivity index (χ1) is 5.83. The molecule has 0 unspecified atom stereocenters. The molecule has 12 heavy (non-hydrogen) atoms. The lowest BCUT2D eigenvalue weighted by Crippen LogP contribution is -1.91. The summed E-state index contributed by atoms with van der Waals surface area (Å²) in [6.07, 6.45) is 1.72. The fourth-order valence-corrected chi connectivity index (χ4v) is 0.910. The predicted octanol–water partition coefficient (Wildman–Crippen LogP) is 3.47. The zero-order valence-electron chi connectivity index (χ0n) is 6.34. The number of hydrogen-bond acceptors (Lipinski definition) is 1. The minimum Gasteiger partial charge on any atom is -0.490 e. The molecule has 0 radical (unpaired) electrons. The van der Waals surface area contributed by atoms with Crippen molar-refractivity contribution in [2.45, 2.75) is 0 Å². The topological polar surface area (TPSA) is 9.23 Å². The quantitative estimate of drug-likeness (QED) is 0.730. The van der Waals surface area contributed by atoms with Gasteiger partial charge in [-0.25, -0.2) is 0 Å². The van der Waals surface area contributed by atoms with Crippen LogP contribution in [0.2, 0.25) is 5.02 Å². The Labute approximate surface area is 81.6 Å². The van der Waals surface area contributed by atoms with Crippen molar-refractivity contribution in [1.29, 1.82) is 0 Å². The molecule has 1 nitrogen and oxygen atoms in total. The van der Waals surface area contributed by atoms with E-state index in [4.69, 9.17) is 27.9 Å². The normalized spacial score (nSPS) is 10.5. The van der Waals surface area contributed by atoms with Gasteiger partial charge < -0.3 is 4.74 Å². The van der Waals surface area contributed by atoms with Crippen LogP contribution < -0.4 is 4.74 Å². The predicted molar refractivity (Wildman–Crippen MR) is 51.9 cm³/mol. The van der Waals surface area contributed by atoms with Crippen LogP contribution in [-0.4, -0.2) is 6.61 Å². The van der Waals surface area contributed by atoms with Gasteiger partial charge >= 0.3 is 0 Å². The first kappa shape index (κ1) is 9.43. The molecule has 0 amide bonds. The summed E-state index contributed by atoms with van der Waals surface area (Å²) in [4.78, 5) is 0. The van der Waals surface area contributed by atoms with Gasteiger partial charge in [-0.15, -0.1) is 0 Å². The molecule has 3 heteroatoms.